The molecule has 2 rings (SSSR count). The number of hydrogen-bond acceptors (Lipinski definition) is 9. The van der Waals surface area contributed by atoms with Crippen LogP contribution >= 0.6 is 12.2 Å². The monoisotopic (exact) mass is 359 g/mol. The van der Waals surface area contributed by atoms with Crippen molar-refractivity contribution >= 4 is 23.1 Å². The normalized spacial score (nSPS) is 29.8. The molecule has 0 spiro atoms. The van der Waals surface area contributed by atoms with Gasteiger partial charge < -0.3 is 29.2 Å². The Balaban J connectivity index is 2.00. The fraction of sp³-hybridized carbons (Fsp3) is 0.500. The maximum absolute atomic E-state index is 10.6. The van der Waals surface area contributed by atoms with Crippen LogP contribution in [0.3, 0.4) is 0 Å². The minimum Gasteiger partial charge on any atom is -0.447 e. The molecule has 0 unspecified atom stereocenters. The molecule has 1 aromatic rings. The van der Waals surface area contributed by atoms with E-state index in [4.69, 9.17) is 31.2 Å². The van der Waals surface area contributed by atoms with Crippen molar-refractivity contribution in [3.8, 4) is 5.75 Å². The van der Waals surface area contributed by atoms with Gasteiger partial charge in [-0.25, -0.2) is 0 Å². The molecule has 5 atom stereocenters. The summed E-state index contributed by atoms with van der Waals surface area (Å²) in [6, 6.07) is 5.20. The maximum atomic E-state index is 10.6. The van der Waals surface area contributed by atoms with Crippen LogP contribution in [0.25, 0.3) is 0 Å². The number of nitro benzene ring substituents is 1. The van der Waals surface area contributed by atoms with Crippen molar-refractivity contribution in [3.05, 3.63) is 34.4 Å². The van der Waals surface area contributed by atoms with Crippen molar-refractivity contribution < 1.29 is 34.1 Å². The van der Waals surface area contributed by atoms with Crippen molar-refractivity contribution in [2.24, 2.45) is 0 Å². The quantitative estimate of drug-likeness (QED) is 0.456. The molecule has 132 valence electrons. The third-order valence-electron chi connectivity index (χ3n) is 3.50. The van der Waals surface area contributed by atoms with E-state index >= 15 is 0 Å². The molecular weight excluding hydrogens is 342 g/mol. The van der Waals surface area contributed by atoms with Gasteiger partial charge in [0.1, 0.15) is 18.0 Å². The summed E-state index contributed by atoms with van der Waals surface area (Å²) >= 11 is 4.94. The van der Waals surface area contributed by atoms with Gasteiger partial charge in [0, 0.05) is 31.5 Å². The van der Waals surface area contributed by atoms with Crippen molar-refractivity contribution in [3.63, 3.8) is 0 Å². The Hall–Kier alpha value is -1.85. The summed E-state index contributed by atoms with van der Waals surface area (Å²) in [5, 5.41) is 30.4. The van der Waals surface area contributed by atoms with Gasteiger partial charge in [-0.05, 0) is 19.1 Å². The van der Waals surface area contributed by atoms with Crippen LogP contribution in [-0.4, -0.2) is 58.2 Å². The summed E-state index contributed by atoms with van der Waals surface area (Å²) < 4.78 is 20.8. The van der Waals surface area contributed by atoms with E-state index in [-0.39, 0.29) is 16.7 Å². The van der Waals surface area contributed by atoms with E-state index in [0.717, 1.165) is 0 Å². The van der Waals surface area contributed by atoms with Gasteiger partial charge in [-0.15, -0.1) is 0 Å². The fourth-order valence-corrected chi connectivity index (χ4v) is 2.41. The van der Waals surface area contributed by atoms with Gasteiger partial charge >= 0.3 is 5.24 Å². The number of nitrogens with zero attached hydrogens (tertiary/aromatic N) is 1. The van der Waals surface area contributed by atoms with E-state index in [2.05, 4.69) is 0 Å². The van der Waals surface area contributed by atoms with E-state index in [0.29, 0.717) is 0 Å². The average molecular weight is 359 g/mol. The van der Waals surface area contributed by atoms with Crippen molar-refractivity contribution in [1.82, 2.24) is 0 Å². The zero-order valence-electron chi connectivity index (χ0n) is 12.9. The van der Waals surface area contributed by atoms with Gasteiger partial charge in [0.05, 0.1) is 11.0 Å². The lowest BCUT2D eigenvalue weighted by atomic mass is 10.00. The van der Waals surface area contributed by atoms with Crippen LogP contribution in [0.1, 0.15) is 6.92 Å². The Bertz CT molecular complexity index is 595. The number of benzene rings is 1. The Morgan fingerprint density at radius 3 is 2.46 bits per heavy atom. The number of methoxy groups -OCH3 is 1. The molecule has 1 aliphatic heterocycles. The van der Waals surface area contributed by atoms with E-state index in [1.165, 1.54) is 31.4 Å². The van der Waals surface area contributed by atoms with E-state index in [1.54, 1.807) is 6.92 Å². The Morgan fingerprint density at radius 2 is 1.92 bits per heavy atom. The zero-order valence-corrected chi connectivity index (χ0v) is 13.7. The molecule has 0 saturated carbocycles. The molecule has 1 saturated heterocycles. The summed E-state index contributed by atoms with van der Waals surface area (Å²) in [5.41, 5.74) is -0.0961. The largest absolute Gasteiger partial charge is 0.447 e. The first kappa shape index (κ1) is 18.5. The van der Waals surface area contributed by atoms with Crippen molar-refractivity contribution in [1.29, 1.82) is 0 Å². The standard InChI is InChI=1S/C14H17NO8S/c1-7-10(16)12(11(17)13(20-2)21-7)23-14(24)22-9-5-3-8(4-6-9)15(18)19/h3-7,10-13,16-17H,1-2H3/t7-,10+,11-,12+,13-/m0/s1. The second kappa shape index (κ2) is 7.81. The highest BCUT2D eigenvalue weighted by Crippen LogP contribution is 2.25. The van der Waals surface area contributed by atoms with Crippen LogP contribution in [0.4, 0.5) is 5.69 Å². The summed E-state index contributed by atoms with van der Waals surface area (Å²) in [5.74, 6) is 0.220. The SMILES string of the molecule is CO[C@H]1O[C@@H](C)[C@@H](O)[C@@H](OC(=S)Oc2ccc([N+](=O)[O-])cc2)[C@@H]1O. The van der Waals surface area contributed by atoms with Crippen LogP contribution in [0.15, 0.2) is 24.3 Å². The molecule has 0 aliphatic carbocycles. The second-order valence-electron chi connectivity index (χ2n) is 5.11. The van der Waals surface area contributed by atoms with Crippen molar-refractivity contribution in [2.75, 3.05) is 7.11 Å². The average Bonchev–Trinajstić information content (AvgIpc) is 2.55. The van der Waals surface area contributed by atoms with Crippen LogP contribution in [0.5, 0.6) is 5.75 Å². The molecule has 10 heteroatoms. The highest BCUT2D eigenvalue weighted by molar-refractivity contribution is 7.79. The van der Waals surface area contributed by atoms with Gasteiger partial charge in [-0.1, -0.05) is 0 Å². The lowest BCUT2D eigenvalue weighted by Crippen LogP contribution is -2.58. The summed E-state index contributed by atoms with van der Waals surface area (Å²) in [4.78, 5) is 10.1. The lowest BCUT2D eigenvalue weighted by molar-refractivity contribution is -0.384. The predicted molar refractivity (Wildman–Crippen MR) is 84.6 cm³/mol. The van der Waals surface area contributed by atoms with Crippen molar-refractivity contribution in [2.45, 2.75) is 37.6 Å². The molecule has 0 aromatic heterocycles. The molecule has 0 bridgehead atoms. The molecule has 24 heavy (non-hydrogen) atoms. The maximum Gasteiger partial charge on any atom is 0.358 e. The van der Waals surface area contributed by atoms with E-state index < -0.39 is 35.6 Å². The highest BCUT2D eigenvalue weighted by atomic mass is 32.1. The molecular formula is C14H17NO8S. The Morgan fingerprint density at radius 1 is 1.29 bits per heavy atom. The van der Waals surface area contributed by atoms with Gasteiger partial charge in [0.15, 0.2) is 12.4 Å². The first-order valence-corrected chi connectivity index (χ1v) is 7.41. The molecule has 1 aromatic carbocycles. The van der Waals surface area contributed by atoms with Gasteiger partial charge in [0.25, 0.3) is 5.69 Å². The van der Waals surface area contributed by atoms with E-state index in [1.807, 2.05) is 0 Å². The highest BCUT2D eigenvalue weighted by Gasteiger charge is 2.45. The smallest absolute Gasteiger partial charge is 0.358 e. The summed E-state index contributed by atoms with van der Waals surface area (Å²) in [6.45, 7) is 1.60. The van der Waals surface area contributed by atoms with Gasteiger partial charge in [-0.2, -0.15) is 0 Å². The molecule has 1 aliphatic rings. The Kier molecular flexibility index (Phi) is 6.02. The number of ether oxygens (including phenoxy) is 4. The topological polar surface area (TPSA) is 121 Å². The molecule has 1 fully saturated rings. The van der Waals surface area contributed by atoms with E-state index in [9.17, 15) is 20.3 Å². The fourth-order valence-electron chi connectivity index (χ4n) is 2.20. The third-order valence-corrected chi connectivity index (χ3v) is 3.67. The minimum absolute atomic E-state index is 0.0961. The number of aliphatic hydroxyl groups excluding tert-OH is 2. The number of rotatable bonds is 4. The number of aliphatic hydroxyl groups is 2. The van der Waals surface area contributed by atoms with Gasteiger partial charge in [0.2, 0.25) is 0 Å². The molecule has 2 N–H and O–H groups in total. The first-order valence-electron chi connectivity index (χ1n) is 7.00. The van der Waals surface area contributed by atoms with Gasteiger partial charge in [-0.3, -0.25) is 10.1 Å². The number of non-ortho nitro benzene ring substituents is 1. The number of nitro groups is 1. The molecule has 1 heterocycles. The summed E-state index contributed by atoms with van der Waals surface area (Å²) in [6.07, 6.45) is -5.16. The predicted octanol–water partition coefficient (Wildman–Crippen LogP) is 0.757. The third kappa shape index (κ3) is 4.16. The molecule has 0 radical (unpaired) electrons. The second-order valence-corrected chi connectivity index (χ2v) is 5.45. The summed E-state index contributed by atoms with van der Waals surface area (Å²) in [7, 11) is 1.35. The number of hydrogen-bond donors (Lipinski definition) is 2. The zero-order chi connectivity index (χ0) is 17.9. The van der Waals surface area contributed by atoms with Crippen LogP contribution in [0, 0.1) is 10.1 Å². The first-order chi connectivity index (χ1) is 11.3. The Labute approximate surface area is 142 Å². The van der Waals surface area contributed by atoms with Crippen LogP contribution in [-0.2, 0) is 14.2 Å². The van der Waals surface area contributed by atoms with Crippen LogP contribution < -0.4 is 4.74 Å². The lowest BCUT2D eigenvalue weighted by Gasteiger charge is -2.40. The molecule has 9 nitrogen and oxygen atoms in total. The number of thiocarbonyl (C=S) groups is 1. The molecule has 0 amide bonds. The van der Waals surface area contributed by atoms with Crippen LogP contribution in [0.2, 0.25) is 0 Å². The minimum atomic E-state index is -1.28.